The molecule has 0 unspecified atom stereocenters. The van der Waals surface area contributed by atoms with Crippen LogP contribution in [0, 0.1) is 0 Å². The normalized spacial score (nSPS) is 10.7. The number of rotatable bonds is 9. The lowest BCUT2D eigenvalue weighted by Gasteiger charge is -2.06. The number of oxazole rings is 1. The number of methoxy groups -OCH3 is 1. The summed E-state index contributed by atoms with van der Waals surface area (Å²) in [7, 11) is 1.68. The molecule has 0 bridgehead atoms. The number of para-hydroxylation sites is 1. The van der Waals surface area contributed by atoms with Crippen LogP contribution in [0.25, 0.3) is 11.5 Å². The average Bonchev–Trinajstić information content (AvgIpc) is 3.15. The van der Waals surface area contributed by atoms with Crippen molar-refractivity contribution in [3.63, 3.8) is 0 Å². The third-order valence-corrected chi connectivity index (χ3v) is 4.00. The lowest BCUT2D eigenvalue weighted by Crippen LogP contribution is -2.16. The lowest BCUT2D eigenvalue weighted by atomic mass is 10.1. The summed E-state index contributed by atoms with van der Waals surface area (Å²) >= 11 is 0. The molecule has 136 valence electrons. The molecule has 2 aromatic carbocycles. The van der Waals surface area contributed by atoms with Crippen LogP contribution < -0.4 is 14.8 Å². The predicted octanol–water partition coefficient (Wildman–Crippen LogP) is 4.08. The highest BCUT2D eigenvalue weighted by Crippen LogP contribution is 2.29. The molecule has 0 aliphatic heterocycles. The highest BCUT2D eigenvalue weighted by molar-refractivity contribution is 5.62. The predicted molar refractivity (Wildman–Crippen MR) is 102 cm³/mol. The van der Waals surface area contributed by atoms with E-state index in [-0.39, 0.29) is 0 Å². The van der Waals surface area contributed by atoms with E-state index in [0.29, 0.717) is 19.0 Å². The molecule has 1 N–H and O–H groups in total. The third kappa shape index (κ3) is 4.64. The van der Waals surface area contributed by atoms with E-state index in [2.05, 4.69) is 22.4 Å². The van der Waals surface area contributed by atoms with Gasteiger partial charge in [-0.15, -0.1) is 0 Å². The van der Waals surface area contributed by atoms with Gasteiger partial charge >= 0.3 is 0 Å². The summed E-state index contributed by atoms with van der Waals surface area (Å²) in [6.45, 7) is 4.08. The summed E-state index contributed by atoms with van der Waals surface area (Å²) in [6.07, 6.45) is 2.62. The number of ether oxygens (including phenoxy) is 2. The Kier molecular flexibility index (Phi) is 6.28. The molecular weight excluding hydrogens is 328 g/mol. The molecule has 5 heteroatoms. The van der Waals surface area contributed by atoms with Crippen molar-refractivity contribution in [1.29, 1.82) is 0 Å². The summed E-state index contributed by atoms with van der Waals surface area (Å²) in [6, 6.07) is 15.9. The van der Waals surface area contributed by atoms with Crippen molar-refractivity contribution in [3.8, 4) is 23.0 Å². The average molecular weight is 352 g/mol. The molecule has 3 aromatic rings. The van der Waals surface area contributed by atoms with E-state index in [1.807, 2.05) is 43.3 Å². The van der Waals surface area contributed by atoms with E-state index in [9.17, 15) is 0 Å². The number of benzene rings is 2. The molecule has 1 heterocycles. The van der Waals surface area contributed by atoms with Gasteiger partial charge in [-0.25, -0.2) is 4.98 Å². The van der Waals surface area contributed by atoms with E-state index in [1.165, 1.54) is 5.56 Å². The van der Waals surface area contributed by atoms with Crippen LogP contribution in [0.5, 0.6) is 11.5 Å². The zero-order chi connectivity index (χ0) is 18.2. The summed E-state index contributed by atoms with van der Waals surface area (Å²) in [5, 5.41) is 3.40. The van der Waals surface area contributed by atoms with Gasteiger partial charge in [0.05, 0.1) is 25.0 Å². The Morgan fingerprint density at radius 2 is 2.00 bits per heavy atom. The molecule has 0 saturated heterocycles. The molecule has 0 radical (unpaired) electrons. The number of nitrogens with one attached hydrogen (secondary N) is 1. The van der Waals surface area contributed by atoms with Crippen LogP contribution in [-0.2, 0) is 13.0 Å². The molecule has 0 spiro atoms. The Bertz CT molecular complexity index is 829. The van der Waals surface area contributed by atoms with Crippen molar-refractivity contribution in [3.05, 3.63) is 66.1 Å². The fraction of sp³-hybridized carbons (Fsp3) is 0.286. The zero-order valence-electron chi connectivity index (χ0n) is 15.2. The standard InChI is InChI=1S/C21H24N2O3/c1-3-25-20-10-5-4-9-19(20)21-23-17(15-26-21)14-22-12-11-16-7-6-8-18(13-16)24-2/h4-10,13,15,22H,3,11-12,14H2,1-2H3. The highest BCUT2D eigenvalue weighted by atomic mass is 16.5. The van der Waals surface area contributed by atoms with Gasteiger partial charge in [0, 0.05) is 6.54 Å². The van der Waals surface area contributed by atoms with E-state index in [1.54, 1.807) is 13.4 Å². The number of nitrogens with zero attached hydrogens (tertiary/aromatic N) is 1. The molecule has 0 fully saturated rings. The van der Waals surface area contributed by atoms with E-state index in [4.69, 9.17) is 13.9 Å². The minimum absolute atomic E-state index is 0.582. The molecule has 0 aliphatic rings. The van der Waals surface area contributed by atoms with Crippen molar-refractivity contribution < 1.29 is 13.9 Å². The maximum atomic E-state index is 5.64. The lowest BCUT2D eigenvalue weighted by molar-refractivity contribution is 0.340. The summed E-state index contributed by atoms with van der Waals surface area (Å²) in [5.41, 5.74) is 2.98. The first-order valence-corrected chi connectivity index (χ1v) is 8.80. The van der Waals surface area contributed by atoms with Crippen LogP contribution in [0.2, 0.25) is 0 Å². The van der Waals surface area contributed by atoms with Crippen molar-refractivity contribution in [2.24, 2.45) is 0 Å². The minimum Gasteiger partial charge on any atom is -0.497 e. The van der Waals surface area contributed by atoms with Crippen molar-refractivity contribution in [2.75, 3.05) is 20.3 Å². The van der Waals surface area contributed by atoms with Crippen molar-refractivity contribution >= 4 is 0 Å². The fourth-order valence-electron chi connectivity index (χ4n) is 2.71. The van der Waals surface area contributed by atoms with Crippen LogP contribution in [0.15, 0.2) is 59.2 Å². The van der Waals surface area contributed by atoms with Gasteiger partial charge in [-0.2, -0.15) is 0 Å². The second-order valence-corrected chi connectivity index (χ2v) is 5.85. The third-order valence-electron chi connectivity index (χ3n) is 4.00. The van der Waals surface area contributed by atoms with Crippen LogP contribution in [0.1, 0.15) is 18.2 Å². The second-order valence-electron chi connectivity index (χ2n) is 5.85. The van der Waals surface area contributed by atoms with E-state index in [0.717, 1.165) is 35.7 Å². The Morgan fingerprint density at radius 3 is 2.85 bits per heavy atom. The topological polar surface area (TPSA) is 56.5 Å². The molecule has 0 atom stereocenters. The Balaban J connectivity index is 1.54. The molecule has 5 nitrogen and oxygen atoms in total. The molecule has 0 aliphatic carbocycles. The summed E-state index contributed by atoms with van der Waals surface area (Å²) in [5.74, 6) is 2.25. The van der Waals surface area contributed by atoms with Gasteiger partial charge in [0.1, 0.15) is 17.8 Å². The monoisotopic (exact) mass is 352 g/mol. The largest absolute Gasteiger partial charge is 0.497 e. The van der Waals surface area contributed by atoms with Gasteiger partial charge in [0.25, 0.3) is 0 Å². The van der Waals surface area contributed by atoms with Crippen LogP contribution in [0.3, 0.4) is 0 Å². The maximum absolute atomic E-state index is 5.64. The number of hydrogen-bond acceptors (Lipinski definition) is 5. The molecular formula is C21H24N2O3. The van der Waals surface area contributed by atoms with Gasteiger partial charge in [-0.05, 0) is 49.7 Å². The SMILES string of the molecule is CCOc1ccccc1-c1nc(CNCCc2cccc(OC)c2)co1. The van der Waals surface area contributed by atoms with Gasteiger partial charge in [0.15, 0.2) is 0 Å². The quantitative estimate of drug-likeness (QED) is 0.588. The molecule has 3 rings (SSSR count). The van der Waals surface area contributed by atoms with Gasteiger partial charge in [0.2, 0.25) is 5.89 Å². The van der Waals surface area contributed by atoms with Gasteiger partial charge in [-0.3, -0.25) is 0 Å². The Hall–Kier alpha value is -2.79. The molecule has 1 aromatic heterocycles. The molecule has 0 amide bonds. The van der Waals surface area contributed by atoms with Crippen molar-refractivity contribution in [1.82, 2.24) is 10.3 Å². The minimum atomic E-state index is 0.582. The number of hydrogen-bond donors (Lipinski definition) is 1. The molecule has 26 heavy (non-hydrogen) atoms. The highest BCUT2D eigenvalue weighted by Gasteiger charge is 2.11. The smallest absolute Gasteiger partial charge is 0.229 e. The summed E-state index contributed by atoms with van der Waals surface area (Å²) < 4.78 is 16.5. The fourth-order valence-corrected chi connectivity index (χ4v) is 2.71. The molecule has 0 saturated carbocycles. The van der Waals surface area contributed by atoms with Crippen LogP contribution >= 0.6 is 0 Å². The van der Waals surface area contributed by atoms with Gasteiger partial charge < -0.3 is 19.2 Å². The first-order valence-electron chi connectivity index (χ1n) is 8.80. The maximum Gasteiger partial charge on any atom is 0.229 e. The van der Waals surface area contributed by atoms with Crippen LogP contribution in [0.4, 0.5) is 0 Å². The second kappa shape index (κ2) is 9.06. The Labute approximate surface area is 154 Å². The van der Waals surface area contributed by atoms with Crippen molar-refractivity contribution in [2.45, 2.75) is 19.9 Å². The van der Waals surface area contributed by atoms with Gasteiger partial charge in [-0.1, -0.05) is 24.3 Å². The number of aromatic nitrogens is 1. The summed E-state index contributed by atoms with van der Waals surface area (Å²) in [4.78, 5) is 4.57. The van der Waals surface area contributed by atoms with E-state index < -0.39 is 0 Å². The first kappa shape index (κ1) is 18.0. The van der Waals surface area contributed by atoms with E-state index >= 15 is 0 Å². The first-order chi connectivity index (χ1) is 12.8. The Morgan fingerprint density at radius 1 is 1.12 bits per heavy atom. The van der Waals surface area contributed by atoms with Crippen LogP contribution in [-0.4, -0.2) is 25.2 Å². The zero-order valence-corrected chi connectivity index (χ0v) is 15.2.